The molecule has 18 atom stereocenters. The molecule has 4 fully saturated rings. The molecule has 0 radical (unpaired) electrons. The smallest absolute Gasteiger partial charge is 0.315 e. The number of carboxylic acid groups (broad SMARTS) is 1. The average molecular weight is 856 g/mol. The fourth-order valence-corrected chi connectivity index (χ4v) is 11.1. The lowest BCUT2D eigenvalue weighted by Gasteiger charge is -2.55. The summed E-state index contributed by atoms with van der Waals surface area (Å²) in [5.74, 6) is -5.78. The molecule has 5 rings (SSSR count). The fourth-order valence-electron chi connectivity index (χ4n) is 11.0. The molecule has 2 spiro atoms. The van der Waals surface area contributed by atoms with Crippen molar-refractivity contribution in [2.24, 2.45) is 41.4 Å². The second-order valence-electron chi connectivity index (χ2n) is 19.0. The number of hydrogen-bond acceptors (Lipinski definition) is 10. The van der Waals surface area contributed by atoms with Gasteiger partial charge in [0.15, 0.2) is 11.6 Å². The van der Waals surface area contributed by atoms with Gasteiger partial charge >= 0.3 is 12.0 Å². The van der Waals surface area contributed by atoms with Crippen molar-refractivity contribution in [3.63, 3.8) is 0 Å². The molecule has 0 aromatic carbocycles. The Hall–Kier alpha value is -1.84. The highest BCUT2D eigenvalue weighted by atomic mass is 35.5. The third kappa shape index (κ3) is 9.72. The Kier molecular flexibility index (Phi) is 15.7. The molecule has 0 aliphatic carbocycles. The number of carboxylic acids is 1. The van der Waals surface area contributed by atoms with E-state index < -0.39 is 95.0 Å². The molecule has 1 unspecified atom stereocenters. The van der Waals surface area contributed by atoms with Crippen molar-refractivity contribution in [2.75, 3.05) is 12.4 Å². The number of carbonyl (C=O) groups is 3. The van der Waals surface area contributed by atoms with E-state index in [0.29, 0.717) is 57.8 Å². The third-order valence-corrected chi connectivity index (χ3v) is 15.3. The van der Waals surface area contributed by atoms with Crippen molar-refractivity contribution in [3.05, 3.63) is 12.2 Å². The molecule has 0 bridgehead atoms. The van der Waals surface area contributed by atoms with Crippen molar-refractivity contribution in [2.45, 2.75) is 199 Å². The van der Waals surface area contributed by atoms with Gasteiger partial charge in [-0.2, -0.15) is 0 Å². The minimum atomic E-state index is -1.34. The molecule has 0 aromatic heterocycles. The van der Waals surface area contributed by atoms with E-state index in [1.54, 1.807) is 6.92 Å². The van der Waals surface area contributed by atoms with Crippen LogP contribution in [-0.2, 0) is 33.3 Å². The number of aliphatic carboxylic acids is 1. The number of nitrogens with one attached hydrogen (secondary N) is 2. The van der Waals surface area contributed by atoms with Crippen LogP contribution in [0.5, 0.6) is 0 Å². The van der Waals surface area contributed by atoms with Crippen LogP contribution < -0.4 is 10.6 Å². The maximum absolute atomic E-state index is 14.6. The van der Waals surface area contributed by atoms with Gasteiger partial charge in [0, 0.05) is 42.5 Å². The number of carbonyl (C=O) groups excluding carboxylic acids is 2. The lowest BCUT2D eigenvalue weighted by molar-refractivity contribution is -0.397. The van der Waals surface area contributed by atoms with Gasteiger partial charge in [0.2, 0.25) is 0 Å². The summed E-state index contributed by atoms with van der Waals surface area (Å²) in [6.07, 6.45) is 6.41. The second kappa shape index (κ2) is 19.3. The normalized spacial score (nSPS) is 42.5. The summed E-state index contributed by atoms with van der Waals surface area (Å²) in [7, 11) is 0. The summed E-state index contributed by atoms with van der Waals surface area (Å²) < 4.78 is 34.3. The van der Waals surface area contributed by atoms with Gasteiger partial charge < -0.3 is 49.6 Å². The highest BCUT2D eigenvalue weighted by molar-refractivity contribution is 6.18. The predicted molar refractivity (Wildman–Crippen MR) is 224 cm³/mol. The van der Waals surface area contributed by atoms with Crippen LogP contribution >= 0.6 is 11.6 Å². The topological polar surface area (TPSA) is 182 Å². The van der Waals surface area contributed by atoms with E-state index in [1.807, 2.05) is 53.7 Å². The molecule has 59 heavy (non-hydrogen) atoms. The van der Waals surface area contributed by atoms with Crippen molar-refractivity contribution >= 4 is 29.4 Å². The van der Waals surface area contributed by atoms with E-state index in [0.717, 1.165) is 6.42 Å². The van der Waals surface area contributed by atoms with Crippen molar-refractivity contribution in [1.29, 1.82) is 0 Å². The Labute approximate surface area is 357 Å². The Balaban J connectivity index is 1.38. The second-order valence-corrected chi connectivity index (χ2v) is 19.4. The first-order chi connectivity index (χ1) is 27.7. The summed E-state index contributed by atoms with van der Waals surface area (Å²) in [4.78, 5) is 39.7. The van der Waals surface area contributed by atoms with Gasteiger partial charge in [-0.1, -0.05) is 61.5 Å². The Morgan fingerprint density at radius 2 is 1.61 bits per heavy atom. The first-order valence-electron chi connectivity index (χ1n) is 22.6. The highest BCUT2D eigenvalue weighted by Crippen LogP contribution is 2.54. The molecule has 5 heterocycles. The number of hydrogen-bond donors (Lipinski definition) is 5. The number of aliphatic hydroxyl groups is 2. The fraction of sp³-hybridized carbons (Fsp3) is 0.889. The molecule has 13 nitrogen and oxygen atoms in total. The summed E-state index contributed by atoms with van der Waals surface area (Å²) in [5.41, 5.74) is -1.72. The van der Waals surface area contributed by atoms with E-state index >= 15 is 0 Å². The van der Waals surface area contributed by atoms with Gasteiger partial charge in [-0.15, -0.1) is 11.6 Å². The number of aliphatic hydroxyl groups excluding tert-OH is 1. The number of alkyl halides is 1. The molecule has 5 N–H and O–H groups in total. The summed E-state index contributed by atoms with van der Waals surface area (Å²) in [6, 6.07) is -1.11. The number of halogens is 1. The molecular formula is C45H75ClN2O11. The minimum Gasteiger partial charge on any atom is -0.481 e. The molecule has 14 heteroatoms. The van der Waals surface area contributed by atoms with Gasteiger partial charge in [-0.05, 0) is 89.5 Å². The van der Waals surface area contributed by atoms with Crippen LogP contribution in [0, 0.1) is 41.4 Å². The Morgan fingerprint density at radius 3 is 2.22 bits per heavy atom. The minimum absolute atomic E-state index is 0.0231. The Morgan fingerprint density at radius 1 is 0.915 bits per heavy atom. The predicted octanol–water partition coefficient (Wildman–Crippen LogP) is 6.73. The molecule has 0 saturated carbocycles. The van der Waals surface area contributed by atoms with Gasteiger partial charge in [0.1, 0.15) is 11.8 Å². The van der Waals surface area contributed by atoms with Gasteiger partial charge in [0.25, 0.3) is 0 Å². The van der Waals surface area contributed by atoms with Crippen LogP contribution in [-0.4, -0.2) is 111 Å². The zero-order chi connectivity index (χ0) is 43.7. The van der Waals surface area contributed by atoms with Gasteiger partial charge in [-0.3, -0.25) is 9.59 Å². The SMILES string of the molecule is CCC(C(=O)O)[C@H]1CC[C@H](C)[C@H]([C@@H](C)[C@H](O)[C@H](C)C(=O)[C@H](CC)[C@H]2O[C@]3(C=C[C@@H](NC(=O)NCCCl)[C@]4(CC[C@@](C)([C@H]5CC[C@](O)(CC)[C@H](C)O5)O4)O3)[C@H](C)C[C@@H]2C)O1. The van der Waals surface area contributed by atoms with Crippen molar-refractivity contribution < 1.29 is 53.4 Å². The quantitative estimate of drug-likeness (QED) is 0.0870. The van der Waals surface area contributed by atoms with Crippen LogP contribution in [0.15, 0.2) is 12.2 Å². The lowest BCUT2D eigenvalue weighted by atomic mass is 9.72. The monoisotopic (exact) mass is 855 g/mol. The first-order valence-corrected chi connectivity index (χ1v) is 23.1. The molecule has 4 saturated heterocycles. The average Bonchev–Trinajstić information content (AvgIpc) is 3.54. The summed E-state index contributed by atoms with van der Waals surface area (Å²) >= 11 is 5.88. The van der Waals surface area contributed by atoms with E-state index in [4.69, 9.17) is 35.3 Å². The van der Waals surface area contributed by atoms with Crippen LogP contribution in [0.4, 0.5) is 4.79 Å². The zero-order valence-electron chi connectivity index (χ0n) is 37.2. The first kappa shape index (κ1) is 48.2. The summed E-state index contributed by atoms with van der Waals surface area (Å²) in [5, 5.41) is 38.7. The number of rotatable bonds is 15. The molecule has 5 aliphatic rings. The highest BCUT2D eigenvalue weighted by Gasteiger charge is 2.63. The van der Waals surface area contributed by atoms with E-state index in [1.165, 1.54) is 0 Å². The van der Waals surface area contributed by atoms with E-state index in [9.17, 15) is 29.7 Å². The third-order valence-electron chi connectivity index (χ3n) is 15.1. The number of amides is 2. The Bertz CT molecular complexity index is 1500. The number of urea groups is 1. The molecule has 2 amide bonds. The van der Waals surface area contributed by atoms with Crippen LogP contribution in [0.1, 0.15) is 133 Å². The maximum Gasteiger partial charge on any atom is 0.315 e. The van der Waals surface area contributed by atoms with E-state index in [-0.39, 0.29) is 42.1 Å². The largest absolute Gasteiger partial charge is 0.481 e. The van der Waals surface area contributed by atoms with Crippen LogP contribution in [0.2, 0.25) is 0 Å². The van der Waals surface area contributed by atoms with Crippen LogP contribution in [0.3, 0.4) is 0 Å². The van der Waals surface area contributed by atoms with Gasteiger partial charge in [0.05, 0.1) is 53.7 Å². The number of Topliss-reactive ketones (excluding diaryl/α,β-unsaturated/α-hetero) is 1. The number of ketones is 1. The molecule has 0 aromatic rings. The van der Waals surface area contributed by atoms with Gasteiger partial charge in [-0.25, -0.2) is 4.79 Å². The van der Waals surface area contributed by atoms with Crippen molar-refractivity contribution in [3.8, 4) is 0 Å². The lowest BCUT2D eigenvalue weighted by Crippen LogP contribution is -2.66. The number of ether oxygens (including phenoxy) is 5. The van der Waals surface area contributed by atoms with Crippen LogP contribution in [0.25, 0.3) is 0 Å². The standard InChI is InChI=1S/C45H75ClN2O11/c1-11-31(40(51)52)33-15-14-25(4)38(56-33)29(8)36(49)28(7)37(50)32(12-2)39-26(5)24-27(6)44(57-39)19-16-34(48-41(53)47-23-22-46)45(59-44)21-20-42(10,58-45)35-17-18-43(54,13-3)30(9)55-35/h16,19,25-36,38-39,49,54H,11-15,17-18,20-24H2,1-10H3,(H,51,52)(H2,47,48,53)/t25-,26-,27+,28-,29-,30-,31?,32-,33+,34+,35+,36+,38+,39-,42-,43+,44-,45-/m0/s1. The summed E-state index contributed by atoms with van der Waals surface area (Å²) in [6.45, 7) is 19.9. The van der Waals surface area contributed by atoms with E-state index in [2.05, 4.69) is 31.4 Å². The zero-order valence-corrected chi connectivity index (χ0v) is 38.0. The maximum atomic E-state index is 14.6. The molecular weight excluding hydrogens is 780 g/mol. The molecule has 5 aliphatic heterocycles. The molecule has 338 valence electrons. The van der Waals surface area contributed by atoms with Crippen molar-refractivity contribution in [1.82, 2.24) is 10.6 Å².